The first-order valence-electron chi connectivity index (χ1n) is 7.41. The molecule has 3 nitrogen and oxygen atoms in total. The maximum Gasteiger partial charge on any atom is 0.435 e. The lowest BCUT2D eigenvalue weighted by Crippen LogP contribution is -2.15. The van der Waals surface area contributed by atoms with Crippen molar-refractivity contribution in [1.82, 2.24) is 10.2 Å². The second-order valence-electron chi connectivity index (χ2n) is 5.34. The molecule has 0 aliphatic carbocycles. The molecule has 0 fully saturated rings. The van der Waals surface area contributed by atoms with Crippen molar-refractivity contribution in [1.29, 1.82) is 0 Å². The van der Waals surface area contributed by atoms with Crippen molar-refractivity contribution in [3.05, 3.63) is 89.4 Å². The summed E-state index contributed by atoms with van der Waals surface area (Å²) in [5.74, 6) is -0.246. The van der Waals surface area contributed by atoms with Crippen molar-refractivity contribution in [2.45, 2.75) is 12.2 Å². The topological polar surface area (TPSA) is 37.8 Å². The van der Waals surface area contributed by atoms with Gasteiger partial charge in [-0.3, -0.25) is 0 Å². The first kappa shape index (κ1) is 16.9. The number of anilines is 1. The maximum atomic E-state index is 13.6. The highest BCUT2D eigenvalue weighted by molar-refractivity contribution is 5.44. The van der Waals surface area contributed by atoms with Gasteiger partial charge in [-0.25, -0.2) is 4.39 Å². The molecular formula is C18H13F4N3. The third kappa shape index (κ3) is 4.12. The second kappa shape index (κ2) is 6.88. The molecule has 1 N–H and O–H groups in total. The lowest BCUT2D eigenvalue weighted by atomic mass is 9.98. The number of aromatic nitrogens is 2. The van der Waals surface area contributed by atoms with Crippen LogP contribution in [-0.4, -0.2) is 10.2 Å². The molecule has 1 heterocycles. The van der Waals surface area contributed by atoms with E-state index in [0.717, 1.165) is 11.6 Å². The molecule has 0 aliphatic rings. The molecule has 25 heavy (non-hydrogen) atoms. The van der Waals surface area contributed by atoms with Crippen LogP contribution < -0.4 is 5.32 Å². The standard InChI is InChI=1S/C18H13F4N3/c19-14-8-4-7-13(11-14)17(12-5-2-1-3-6-12)23-16-10-9-15(24-25-16)18(20,21)22/h1-11,17H,(H,23,25). The third-order valence-electron chi connectivity index (χ3n) is 3.56. The van der Waals surface area contributed by atoms with Crippen LogP contribution in [0.15, 0.2) is 66.7 Å². The van der Waals surface area contributed by atoms with E-state index in [2.05, 4.69) is 15.5 Å². The van der Waals surface area contributed by atoms with E-state index in [1.807, 2.05) is 30.3 Å². The lowest BCUT2D eigenvalue weighted by molar-refractivity contribution is -0.141. The van der Waals surface area contributed by atoms with Crippen LogP contribution in [-0.2, 0) is 6.18 Å². The molecule has 1 aromatic heterocycles. The fourth-order valence-electron chi connectivity index (χ4n) is 2.40. The van der Waals surface area contributed by atoms with Crippen LogP contribution in [0.4, 0.5) is 23.4 Å². The van der Waals surface area contributed by atoms with Gasteiger partial charge < -0.3 is 5.32 Å². The quantitative estimate of drug-likeness (QED) is 0.687. The Balaban J connectivity index is 1.93. The number of alkyl halides is 3. The number of hydrogen-bond acceptors (Lipinski definition) is 3. The predicted molar refractivity (Wildman–Crippen MR) is 85.3 cm³/mol. The zero-order valence-electron chi connectivity index (χ0n) is 12.8. The SMILES string of the molecule is Fc1cccc(C(Nc2ccc(C(F)(F)F)nn2)c2ccccc2)c1. The molecule has 0 bridgehead atoms. The normalized spacial score (nSPS) is 12.6. The summed E-state index contributed by atoms with van der Waals surface area (Å²) in [7, 11) is 0. The maximum absolute atomic E-state index is 13.6. The van der Waals surface area contributed by atoms with Crippen molar-refractivity contribution < 1.29 is 17.6 Å². The molecule has 0 spiro atoms. The van der Waals surface area contributed by atoms with Crippen LogP contribution >= 0.6 is 0 Å². The van der Waals surface area contributed by atoms with Crippen molar-refractivity contribution in [3.8, 4) is 0 Å². The van der Waals surface area contributed by atoms with E-state index in [1.165, 1.54) is 18.2 Å². The van der Waals surface area contributed by atoms with Gasteiger partial charge in [0.25, 0.3) is 0 Å². The molecule has 1 unspecified atom stereocenters. The van der Waals surface area contributed by atoms with Gasteiger partial charge in [-0.1, -0.05) is 42.5 Å². The largest absolute Gasteiger partial charge is 0.435 e. The van der Waals surface area contributed by atoms with Crippen LogP contribution in [0.25, 0.3) is 0 Å². The van der Waals surface area contributed by atoms with Crippen LogP contribution in [0.3, 0.4) is 0 Å². The summed E-state index contributed by atoms with van der Waals surface area (Å²) < 4.78 is 51.4. The summed E-state index contributed by atoms with van der Waals surface area (Å²) >= 11 is 0. The van der Waals surface area contributed by atoms with E-state index in [4.69, 9.17) is 0 Å². The number of nitrogens with one attached hydrogen (secondary N) is 1. The van der Waals surface area contributed by atoms with Gasteiger partial charge in [0.15, 0.2) is 5.69 Å². The van der Waals surface area contributed by atoms with E-state index >= 15 is 0 Å². The van der Waals surface area contributed by atoms with Crippen molar-refractivity contribution >= 4 is 5.82 Å². The summed E-state index contributed by atoms with van der Waals surface area (Å²) in [6.07, 6.45) is -4.55. The smallest absolute Gasteiger partial charge is 0.358 e. The van der Waals surface area contributed by atoms with Gasteiger partial charge in [-0.2, -0.15) is 13.2 Å². The fraction of sp³-hybridized carbons (Fsp3) is 0.111. The average molecular weight is 347 g/mol. The summed E-state index contributed by atoms with van der Waals surface area (Å²) in [5, 5.41) is 9.79. The fourth-order valence-corrected chi connectivity index (χ4v) is 2.40. The number of nitrogens with zero attached hydrogens (tertiary/aromatic N) is 2. The number of benzene rings is 2. The molecule has 0 saturated heterocycles. The molecule has 1 atom stereocenters. The van der Waals surface area contributed by atoms with Crippen LogP contribution in [0.5, 0.6) is 0 Å². The van der Waals surface area contributed by atoms with Crippen molar-refractivity contribution in [2.75, 3.05) is 5.32 Å². The Labute approximate surface area is 141 Å². The molecule has 0 aliphatic heterocycles. The lowest BCUT2D eigenvalue weighted by Gasteiger charge is -2.20. The minimum absolute atomic E-state index is 0.158. The number of hydrogen-bond donors (Lipinski definition) is 1. The minimum Gasteiger partial charge on any atom is -0.358 e. The molecule has 0 amide bonds. The summed E-state index contributed by atoms with van der Waals surface area (Å²) in [4.78, 5) is 0. The highest BCUT2D eigenvalue weighted by Gasteiger charge is 2.33. The van der Waals surface area contributed by atoms with E-state index in [1.54, 1.807) is 12.1 Å². The van der Waals surface area contributed by atoms with E-state index in [9.17, 15) is 17.6 Å². The Morgan fingerprint density at radius 2 is 1.52 bits per heavy atom. The van der Waals surface area contributed by atoms with Crippen molar-refractivity contribution in [2.24, 2.45) is 0 Å². The third-order valence-corrected chi connectivity index (χ3v) is 3.56. The highest BCUT2D eigenvalue weighted by Crippen LogP contribution is 2.29. The Morgan fingerprint density at radius 1 is 0.800 bits per heavy atom. The monoisotopic (exact) mass is 347 g/mol. The van der Waals surface area contributed by atoms with E-state index < -0.39 is 23.7 Å². The van der Waals surface area contributed by atoms with Gasteiger partial charge >= 0.3 is 6.18 Å². The zero-order valence-corrected chi connectivity index (χ0v) is 12.8. The van der Waals surface area contributed by atoms with Gasteiger partial charge in [-0.05, 0) is 35.4 Å². The van der Waals surface area contributed by atoms with E-state index in [0.29, 0.717) is 5.56 Å². The summed E-state index contributed by atoms with van der Waals surface area (Å²) in [5.41, 5.74) is 0.364. The molecular weight excluding hydrogens is 334 g/mol. The minimum atomic E-state index is -4.55. The Morgan fingerprint density at radius 3 is 2.12 bits per heavy atom. The molecule has 0 saturated carbocycles. The van der Waals surface area contributed by atoms with E-state index in [-0.39, 0.29) is 5.82 Å². The van der Waals surface area contributed by atoms with Gasteiger partial charge in [0.05, 0.1) is 6.04 Å². The molecule has 3 rings (SSSR count). The second-order valence-corrected chi connectivity index (χ2v) is 5.34. The Kier molecular flexibility index (Phi) is 4.65. The molecule has 128 valence electrons. The Bertz CT molecular complexity index is 833. The molecule has 2 aromatic carbocycles. The average Bonchev–Trinajstić information content (AvgIpc) is 2.60. The van der Waals surface area contributed by atoms with Gasteiger partial charge in [0.2, 0.25) is 0 Å². The van der Waals surface area contributed by atoms with Crippen LogP contribution in [0.1, 0.15) is 22.9 Å². The Hall–Kier alpha value is -2.96. The van der Waals surface area contributed by atoms with Crippen LogP contribution in [0, 0.1) is 5.82 Å². The zero-order chi connectivity index (χ0) is 17.9. The summed E-state index contributed by atoms with van der Waals surface area (Å²) in [6, 6.07) is 16.7. The highest BCUT2D eigenvalue weighted by atomic mass is 19.4. The van der Waals surface area contributed by atoms with Crippen LogP contribution in [0.2, 0.25) is 0 Å². The first-order chi connectivity index (χ1) is 11.9. The summed E-state index contributed by atoms with van der Waals surface area (Å²) in [6.45, 7) is 0. The first-order valence-corrected chi connectivity index (χ1v) is 7.41. The van der Waals surface area contributed by atoms with Crippen molar-refractivity contribution in [3.63, 3.8) is 0 Å². The van der Waals surface area contributed by atoms with Gasteiger partial charge in [-0.15, -0.1) is 10.2 Å². The molecule has 7 heteroatoms. The van der Waals surface area contributed by atoms with Gasteiger partial charge in [0, 0.05) is 0 Å². The predicted octanol–water partition coefficient (Wildman–Crippen LogP) is 4.84. The molecule has 0 radical (unpaired) electrons. The number of halogens is 4. The van der Waals surface area contributed by atoms with Gasteiger partial charge in [0.1, 0.15) is 11.6 Å². The molecule has 3 aromatic rings. The number of rotatable bonds is 4.